The van der Waals surface area contributed by atoms with Crippen LogP contribution in [0.15, 0.2) is 0 Å². The molecule has 4 bridgehead atoms. The number of carbonyl (C=O) groups is 2. The fourth-order valence-corrected chi connectivity index (χ4v) is 8.75. The zero-order valence-corrected chi connectivity index (χ0v) is 23.1. The van der Waals surface area contributed by atoms with E-state index in [1.165, 1.54) is 25.7 Å². The number of hydrogen-bond donors (Lipinski definition) is 4. The predicted molar refractivity (Wildman–Crippen MR) is 142 cm³/mol. The van der Waals surface area contributed by atoms with E-state index in [1.54, 1.807) is 0 Å². The number of aliphatic hydroxyl groups is 2. The summed E-state index contributed by atoms with van der Waals surface area (Å²) in [6.45, 7) is 9.70. The van der Waals surface area contributed by atoms with Crippen molar-refractivity contribution in [3.63, 3.8) is 0 Å². The lowest BCUT2D eigenvalue weighted by Crippen LogP contribution is -2.43. The Morgan fingerprint density at radius 1 is 0.722 bits per heavy atom. The first-order chi connectivity index (χ1) is 17.2. The maximum atomic E-state index is 12.5. The lowest BCUT2D eigenvalue weighted by atomic mass is 9.76. The van der Waals surface area contributed by atoms with Crippen LogP contribution in [0.25, 0.3) is 0 Å². The van der Waals surface area contributed by atoms with E-state index in [0.717, 1.165) is 74.0 Å². The molecule has 0 aromatic heterocycles. The normalized spacial score (nSPS) is 40.9. The van der Waals surface area contributed by atoms with Gasteiger partial charge in [0.25, 0.3) is 0 Å². The van der Waals surface area contributed by atoms with Gasteiger partial charge in [-0.05, 0) is 112 Å². The largest absolute Gasteiger partial charge is 0.395 e. The molecule has 206 valence electrons. The van der Waals surface area contributed by atoms with Crippen LogP contribution < -0.4 is 10.6 Å². The molecule has 5 aliphatic rings. The number of rotatable bonds is 7. The van der Waals surface area contributed by atoms with Crippen molar-refractivity contribution in [2.45, 2.75) is 104 Å². The molecule has 0 radical (unpaired) electrons. The molecule has 0 aromatic rings. The van der Waals surface area contributed by atoms with Gasteiger partial charge in [0.2, 0.25) is 11.8 Å². The smallest absolute Gasteiger partial charge is 0.223 e. The zero-order valence-electron chi connectivity index (χ0n) is 23.1. The number of fused-ring (bicyclic) bond motifs is 4. The summed E-state index contributed by atoms with van der Waals surface area (Å²) in [4.78, 5) is 24.3. The molecule has 0 aromatic carbocycles. The zero-order chi connectivity index (χ0) is 26.0. The molecule has 0 heterocycles. The standard InChI is InChI=1S/C17H29NO2.C13H23NO2/c1-10(2)15-8-12-7-11(15)9-16(12)17(20)18-13-3-5-14(19)6-4-13;1-8(2)11-6-10-5-9(11)7-12(10)13(16)14-3-4-15/h10-16,19H,3-9H2,1-2H3,(H,18,20);8-12,15H,3-7H2,1-2H3,(H,14,16). The van der Waals surface area contributed by atoms with Crippen LogP contribution in [-0.4, -0.2) is 47.3 Å². The van der Waals surface area contributed by atoms with Crippen molar-refractivity contribution in [3.8, 4) is 0 Å². The molecule has 36 heavy (non-hydrogen) atoms. The minimum absolute atomic E-state index is 0.0428. The van der Waals surface area contributed by atoms with Gasteiger partial charge >= 0.3 is 0 Å². The van der Waals surface area contributed by atoms with Crippen LogP contribution in [-0.2, 0) is 9.59 Å². The van der Waals surface area contributed by atoms with Crippen LogP contribution in [0.4, 0.5) is 0 Å². The molecule has 5 fully saturated rings. The summed E-state index contributed by atoms with van der Waals surface area (Å²) in [7, 11) is 0. The maximum absolute atomic E-state index is 12.5. The van der Waals surface area contributed by atoms with E-state index in [1.807, 2.05) is 0 Å². The summed E-state index contributed by atoms with van der Waals surface area (Å²) in [5, 5.41) is 24.3. The Kier molecular flexibility index (Phi) is 9.41. The fraction of sp³-hybridized carbons (Fsp3) is 0.933. The second-order valence-electron chi connectivity index (χ2n) is 13.5. The van der Waals surface area contributed by atoms with Gasteiger partial charge < -0.3 is 20.8 Å². The SMILES string of the molecule is CC(C)C1CC2CC1CC2C(=O)NC1CCC(O)CC1.CC(C)C1CC2CC1CC2C(=O)NCCO. The fourth-order valence-electron chi connectivity index (χ4n) is 8.75. The third-order valence-corrected chi connectivity index (χ3v) is 10.7. The lowest BCUT2D eigenvalue weighted by molar-refractivity contribution is -0.128. The third-order valence-electron chi connectivity index (χ3n) is 10.7. The summed E-state index contributed by atoms with van der Waals surface area (Å²) >= 11 is 0. The highest BCUT2D eigenvalue weighted by atomic mass is 16.3. The van der Waals surface area contributed by atoms with Crippen LogP contribution in [0.5, 0.6) is 0 Å². The molecule has 6 nitrogen and oxygen atoms in total. The number of amides is 2. The molecular weight excluding hydrogens is 452 g/mol. The lowest BCUT2D eigenvalue weighted by Gasteiger charge is -2.32. The van der Waals surface area contributed by atoms with Gasteiger partial charge in [0.1, 0.15) is 0 Å². The van der Waals surface area contributed by atoms with Crippen molar-refractivity contribution in [1.29, 1.82) is 0 Å². The molecule has 6 heteroatoms. The Balaban J connectivity index is 0.000000174. The number of nitrogens with one attached hydrogen (secondary N) is 2. The van der Waals surface area contributed by atoms with E-state index in [0.29, 0.717) is 30.3 Å². The number of aliphatic hydroxyl groups excluding tert-OH is 2. The second kappa shape index (κ2) is 12.1. The van der Waals surface area contributed by atoms with Crippen LogP contribution >= 0.6 is 0 Å². The van der Waals surface area contributed by atoms with Crippen molar-refractivity contribution in [2.24, 2.45) is 59.2 Å². The quantitative estimate of drug-likeness (QED) is 0.419. The van der Waals surface area contributed by atoms with Crippen LogP contribution in [0, 0.1) is 59.2 Å². The highest BCUT2D eigenvalue weighted by molar-refractivity contribution is 5.80. The van der Waals surface area contributed by atoms with Gasteiger partial charge in [0, 0.05) is 24.4 Å². The van der Waals surface area contributed by atoms with Crippen LogP contribution in [0.1, 0.15) is 91.9 Å². The average molecular weight is 505 g/mol. The molecule has 4 N–H and O–H groups in total. The van der Waals surface area contributed by atoms with Crippen molar-refractivity contribution < 1.29 is 19.8 Å². The first kappa shape index (κ1) is 27.9. The molecular formula is C30H52N2O4. The van der Waals surface area contributed by atoms with Crippen molar-refractivity contribution >= 4 is 11.8 Å². The minimum Gasteiger partial charge on any atom is -0.395 e. The van der Waals surface area contributed by atoms with Crippen LogP contribution in [0.3, 0.4) is 0 Å². The minimum atomic E-state index is -0.141. The first-order valence-corrected chi connectivity index (χ1v) is 15.0. The second-order valence-corrected chi connectivity index (χ2v) is 13.5. The molecule has 8 unspecified atom stereocenters. The van der Waals surface area contributed by atoms with E-state index in [2.05, 4.69) is 38.3 Å². The van der Waals surface area contributed by atoms with E-state index >= 15 is 0 Å². The van der Waals surface area contributed by atoms with Crippen molar-refractivity contribution in [2.75, 3.05) is 13.2 Å². The summed E-state index contributed by atoms with van der Waals surface area (Å²) in [6, 6.07) is 0.311. The topological polar surface area (TPSA) is 98.7 Å². The van der Waals surface area contributed by atoms with Gasteiger partial charge in [-0.2, -0.15) is 0 Å². The maximum Gasteiger partial charge on any atom is 0.223 e. The molecule has 5 rings (SSSR count). The van der Waals surface area contributed by atoms with Crippen molar-refractivity contribution in [3.05, 3.63) is 0 Å². The number of hydrogen-bond acceptors (Lipinski definition) is 4. The molecule has 0 aliphatic heterocycles. The van der Waals surface area contributed by atoms with Crippen LogP contribution in [0.2, 0.25) is 0 Å². The van der Waals surface area contributed by atoms with E-state index in [9.17, 15) is 14.7 Å². The van der Waals surface area contributed by atoms with Gasteiger partial charge in [-0.25, -0.2) is 0 Å². The highest BCUT2D eigenvalue weighted by Crippen LogP contribution is 2.55. The number of carbonyl (C=O) groups excluding carboxylic acids is 2. The van der Waals surface area contributed by atoms with Crippen molar-refractivity contribution in [1.82, 2.24) is 10.6 Å². The van der Waals surface area contributed by atoms with Gasteiger partial charge in [0.05, 0.1) is 12.7 Å². The summed E-state index contributed by atoms with van der Waals surface area (Å²) in [6.07, 6.45) is 10.7. The molecule has 0 spiro atoms. The first-order valence-electron chi connectivity index (χ1n) is 15.0. The molecule has 5 saturated carbocycles. The molecule has 0 saturated heterocycles. The average Bonchev–Trinajstić information content (AvgIpc) is 3.64. The van der Waals surface area contributed by atoms with Gasteiger partial charge in [-0.3, -0.25) is 9.59 Å². The van der Waals surface area contributed by atoms with E-state index in [4.69, 9.17) is 5.11 Å². The monoisotopic (exact) mass is 504 g/mol. The third kappa shape index (κ3) is 6.28. The Morgan fingerprint density at radius 2 is 1.22 bits per heavy atom. The van der Waals surface area contributed by atoms with E-state index < -0.39 is 0 Å². The highest BCUT2D eigenvalue weighted by Gasteiger charge is 2.50. The predicted octanol–water partition coefficient (Wildman–Crippen LogP) is 4.14. The Labute approximate surface area is 218 Å². The summed E-state index contributed by atoms with van der Waals surface area (Å²) in [5.74, 6) is 7.03. The van der Waals surface area contributed by atoms with Gasteiger partial charge in [0.15, 0.2) is 0 Å². The Morgan fingerprint density at radius 3 is 1.64 bits per heavy atom. The van der Waals surface area contributed by atoms with Gasteiger partial charge in [-0.15, -0.1) is 0 Å². The Bertz CT molecular complexity index is 747. The van der Waals surface area contributed by atoms with E-state index in [-0.39, 0.29) is 30.5 Å². The summed E-state index contributed by atoms with van der Waals surface area (Å²) < 4.78 is 0. The van der Waals surface area contributed by atoms with Gasteiger partial charge in [-0.1, -0.05) is 27.7 Å². The Hall–Kier alpha value is -1.14. The molecule has 5 aliphatic carbocycles. The summed E-state index contributed by atoms with van der Waals surface area (Å²) in [5.41, 5.74) is 0. The molecule has 2 amide bonds. The molecule has 8 atom stereocenters.